The summed E-state index contributed by atoms with van der Waals surface area (Å²) in [5, 5.41) is 3.99. The van der Waals surface area contributed by atoms with Gasteiger partial charge in [-0.3, -0.25) is 4.79 Å². The predicted octanol–water partition coefficient (Wildman–Crippen LogP) is 1.81. The Kier molecular flexibility index (Phi) is 3.06. The van der Waals surface area contributed by atoms with Gasteiger partial charge >= 0.3 is 0 Å². The van der Waals surface area contributed by atoms with Gasteiger partial charge in [-0.05, 0) is 6.07 Å². The average molecular weight is 290 g/mol. The zero-order valence-electron chi connectivity index (χ0n) is 11.0. The maximum atomic E-state index is 13.8. The van der Waals surface area contributed by atoms with Crippen LogP contribution in [0.15, 0.2) is 31.1 Å². The minimum Gasteiger partial charge on any atom is -0.316 e. The van der Waals surface area contributed by atoms with E-state index in [1.54, 1.807) is 12.4 Å². The molecule has 0 saturated heterocycles. The Morgan fingerprint density at radius 1 is 1.43 bits per heavy atom. The van der Waals surface area contributed by atoms with E-state index in [9.17, 15) is 13.6 Å². The molecule has 1 atom stereocenters. The van der Waals surface area contributed by atoms with Crippen LogP contribution >= 0.6 is 0 Å². The molecule has 0 spiro atoms. The number of hydrogen-bond donors (Lipinski definition) is 1. The van der Waals surface area contributed by atoms with Gasteiger partial charge in [0.25, 0.3) is 0 Å². The Morgan fingerprint density at radius 2 is 2.19 bits per heavy atom. The van der Waals surface area contributed by atoms with Crippen molar-refractivity contribution in [2.45, 2.75) is 12.6 Å². The topological polar surface area (TPSA) is 64.2 Å². The second-order valence-electron chi connectivity index (χ2n) is 4.73. The number of carbonyl (C=O) groups is 1. The Balaban J connectivity index is 2.00. The van der Waals surface area contributed by atoms with Gasteiger partial charge in [-0.15, -0.1) is 0 Å². The van der Waals surface area contributed by atoms with E-state index in [4.69, 9.17) is 5.73 Å². The minimum absolute atomic E-state index is 0.0255. The van der Waals surface area contributed by atoms with Crippen molar-refractivity contribution >= 4 is 17.8 Å². The maximum Gasteiger partial charge on any atom is 0.249 e. The van der Waals surface area contributed by atoms with Crippen LogP contribution in [0.2, 0.25) is 0 Å². The number of nitrogens with zero attached hydrogens (tertiary/aromatic N) is 3. The van der Waals surface area contributed by atoms with Crippen LogP contribution in [0.5, 0.6) is 0 Å². The second kappa shape index (κ2) is 4.78. The van der Waals surface area contributed by atoms with Crippen molar-refractivity contribution in [3.63, 3.8) is 0 Å². The summed E-state index contributed by atoms with van der Waals surface area (Å²) in [5.41, 5.74) is 6.62. The van der Waals surface area contributed by atoms with Crippen molar-refractivity contribution in [3.8, 4) is 0 Å². The molecule has 1 aliphatic rings. The number of rotatable bonds is 3. The highest BCUT2D eigenvalue weighted by atomic mass is 19.1. The zero-order chi connectivity index (χ0) is 15.1. The molecule has 0 saturated carbocycles. The standard InChI is InChI=1S/C14H12F2N4O/c1-2-19-6-8(5-18-19)7-20-11-4-9(15)3-10(16)12(11)13(17)14(20)21/h2-6,13H,1,7,17H2. The van der Waals surface area contributed by atoms with Crippen molar-refractivity contribution < 1.29 is 13.6 Å². The normalized spacial score (nSPS) is 17.2. The monoisotopic (exact) mass is 290 g/mol. The Hall–Kier alpha value is -2.54. The van der Waals surface area contributed by atoms with Crippen molar-refractivity contribution in [1.29, 1.82) is 0 Å². The third-order valence-electron chi connectivity index (χ3n) is 3.39. The lowest BCUT2D eigenvalue weighted by Gasteiger charge is -2.16. The molecule has 1 aromatic heterocycles. The number of nitrogens with two attached hydrogens (primary N) is 1. The van der Waals surface area contributed by atoms with E-state index in [1.807, 2.05) is 0 Å². The molecule has 1 aromatic carbocycles. The van der Waals surface area contributed by atoms with Crippen LogP contribution in [0, 0.1) is 11.6 Å². The summed E-state index contributed by atoms with van der Waals surface area (Å²) in [6.07, 6.45) is 4.71. The average Bonchev–Trinajstić information content (AvgIpc) is 2.98. The zero-order valence-corrected chi connectivity index (χ0v) is 11.0. The first-order valence-electron chi connectivity index (χ1n) is 6.22. The van der Waals surface area contributed by atoms with Crippen molar-refractivity contribution in [3.05, 3.63) is 53.9 Å². The smallest absolute Gasteiger partial charge is 0.249 e. The fourth-order valence-corrected chi connectivity index (χ4v) is 2.42. The number of fused-ring (bicyclic) bond motifs is 1. The molecule has 3 rings (SSSR count). The van der Waals surface area contributed by atoms with Crippen molar-refractivity contribution in [2.24, 2.45) is 5.73 Å². The molecule has 0 aliphatic carbocycles. The van der Waals surface area contributed by atoms with E-state index in [0.29, 0.717) is 5.56 Å². The first-order chi connectivity index (χ1) is 10.0. The Bertz CT molecular complexity index is 741. The molecule has 1 amide bonds. The second-order valence-corrected chi connectivity index (χ2v) is 4.73. The van der Waals surface area contributed by atoms with Crippen molar-refractivity contribution in [2.75, 3.05) is 4.90 Å². The summed E-state index contributed by atoms with van der Waals surface area (Å²) < 4.78 is 28.7. The number of benzene rings is 1. The SMILES string of the molecule is C=Cn1cc(CN2C(=O)C(N)c3c(F)cc(F)cc32)cn1. The fraction of sp³-hybridized carbons (Fsp3) is 0.143. The Labute approximate surface area is 119 Å². The third-order valence-corrected chi connectivity index (χ3v) is 3.39. The van der Waals surface area contributed by atoms with Gasteiger partial charge in [0.15, 0.2) is 0 Å². The number of carbonyl (C=O) groups excluding carboxylic acids is 1. The predicted molar refractivity (Wildman–Crippen MR) is 73.1 cm³/mol. The van der Waals surface area contributed by atoms with E-state index >= 15 is 0 Å². The molecule has 0 radical (unpaired) electrons. The van der Waals surface area contributed by atoms with Gasteiger partial charge in [0.1, 0.15) is 17.7 Å². The van der Waals surface area contributed by atoms with Gasteiger partial charge < -0.3 is 10.6 Å². The van der Waals surface area contributed by atoms with Gasteiger partial charge in [0.2, 0.25) is 5.91 Å². The van der Waals surface area contributed by atoms with Crippen LogP contribution in [-0.2, 0) is 11.3 Å². The number of anilines is 1. The fourth-order valence-electron chi connectivity index (χ4n) is 2.42. The summed E-state index contributed by atoms with van der Waals surface area (Å²) in [5.74, 6) is -2.03. The third kappa shape index (κ3) is 2.11. The van der Waals surface area contributed by atoms with Crippen LogP contribution < -0.4 is 10.6 Å². The number of hydrogen-bond acceptors (Lipinski definition) is 3. The van der Waals surface area contributed by atoms with E-state index in [2.05, 4.69) is 11.7 Å². The molecule has 2 aromatic rings. The van der Waals surface area contributed by atoms with Gasteiger partial charge in [0.05, 0.1) is 18.4 Å². The van der Waals surface area contributed by atoms with Crippen LogP contribution in [0.4, 0.5) is 14.5 Å². The molecular weight excluding hydrogens is 278 g/mol. The Morgan fingerprint density at radius 3 is 2.86 bits per heavy atom. The van der Waals surface area contributed by atoms with Crippen LogP contribution in [-0.4, -0.2) is 15.7 Å². The largest absolute Gasteiger partial charge is 0.316 e. The molecule has 0 bridgehead atoms. The summed E-state index contributed by atoms with van der Waals surface area (Å²) in [7, 11) is 0. The van der Waals surface area contributed by atoms with Gasteiger partial charge in [-0.1, -0.05) is 6.58 Å². The molecule has 1 aliphatic heterocycles. The molecular formula is C14H12F2N4O. The molecule has 7 heteroatoms. The van der Waals surface area contributed by atoms with E-state index in [0.717, 1.165) is 12.1 Å². The van der Waals surface area contributed by atoms with Crippen LogP contribution in [0.25, 0.3) is 6.20 Å². The van der Waals surface area contributed by atoms with Crippen LogP contribution in [0.3, 0.4) is 0 Å². The summed E-state index contributed by atoms with van der Waals surface area (Å²) in [4.78, 5) is 13.4. The highest BCUT2D eigenvalue weighted by molar-refractivity contribution is 6.04. The maximum absolute atomic E-state index is 13.8. The highest BCUT2D eigenvalue weighted by Crippen LogP contribution is 2.37. The summed E-state index contributed by atoms with van der Waals surface area (Å²) >= 11 is 0. The van der Waals surface area contributed by atoms with Crippen LogP contribution in [0.1, 0.15) is 17.2 Å². The number of amides is 1. The quantitative estimate of drug-likeness (QED) is 0.937. The number of aromatic nitrogens is 2. The van der Waals surface area contributed by atoms with Crippen molar-refractivity contribution in [1.82, 2.24) is 9.78 Å². The molecule has 108 valence electrons. The van der Waals surface area contributed by atoms with Gasteiger partial charge in [0, 0.05) is 29.6 Å². The lowest BCUT2D eigenvalue weighted by atomic mass is 10.1. The molecule has 2 heterocycles. The highest BCUT2D eigenvalue weighted by Gasteiger charge is 2.37. The molecule has 5 nitrogen and oxygen atoms in total. The van der Waals surface area contributed by atoms with Gasteiger partial charge in [-0.25, -0.2) is 13.5 Å². The lowest BCUT2D eigenvalue weighted by Crippen LogP contribution is -2.31. The summed E-state index contributed by atoms with van der Waals surface area (Å²) in [6.45, 7) is 3.70. The first kappa shape index (κ1) is 13.4. The van der Waals surface area contributed by atoms with E-state index < -0.39 is 23.6 Å². The lowest BCUT2D eigenvalue weighted by molar-refractivity contribution is -0.119. The van der Waals surface area contributed by atoms with E-state index in [-0.39, 0.29) is 17.8 Å². The molecule has 0 fully saturated rings. The first-order valence-corrected chi connectivity index (χ1v) is 6.22. The molecule has 1 unspecified atom stereocenters. The summed E-state index contributed by atoms with van der Waals surface area (Å²) in [6, 6.07) is 0.724. The molecule has 2 N–H and O–H groups in total. The minimum atomic E-state index is -1.12. The number of halogens is 2. The van der Waals surface area contributed by atoms with Gasteiger partial charge in [-0.2, -0.15) is 5.10 Å². The molecule has 21 heavy (non-hydrogen) atoms. The van der Waals surface area contributed by atoms with E-state index in [1.165, 1.54) is 15.8 Å².